The number of pyridine rings is 2. The van der Waals surface area contributed by atoms with Gasteiger partial charge in [0.25, 0.3) is 0 Å². The van der Waals surface area contributed by atoms with E-state index in [1.54, 1.807) is 0 Å². The number of nitrogens with one attached hydrogen (secondary N) is 1. The molecule has 3 aromatic heterocycles. The van der Waals surface area contributed by atoms with E-state index < -0.39 is 0 Å². The van der Waals surface area contributed by atoms with Gasteiger partial charge in [-0.2, -0.15) is 0 Å². The molecule has 4 heteroatoms. The molecule has 0 amide bonds. The Balaban J connectivity index is 1.88. The Morgan fingerprint density at radius 1 is 0.886 bits per heavy atom. The molecule has 0 atom stereocenters. The van der Waals surface area contributed by atoms with Crippen LogP contribution in [0, 0.1) is 6.92 Å². The van der Waals surface area contributed by atoms with Crippen LogP contribution in [0.25, 0.3) is 32.7 Å². The van der Waals surface area contributed by atoms with Crippen LogP contribution in [0.5, 0.6) is 0 Å². The van der Waals surface area contributed by atoms with Crippen molar-refractivity contribution in [2.45, 2.75) is 66.2 Å². The first kappa shape index (κ1) is 23.2. The summed E-state index contributed by atoms with van der Waals surface area (Å²) < 4.78 is 0. The topological polar surface area (TPSA) is 53.9 Å². The van der Waals surface area contributed by atoms with Crippen molar-refractivity contribution in [2.24, 2.45) is 4.99 Å². The molecule has 0 aliphatic carbocycles. The maximum absolute atomic E-state index is 5.48. The van der Waals surface area contributed by atoms with Gasteiger partial charge >= 0.3 is 0 Å². The van der Waals surface area contributed by atoms with Crippen molar-refractivity contribution in [2.75, 3.05) is 0 Å². The Labute approximate surface area is 207 Å². The van der Waals surface area contributed by atoms with Gasteiger partial charge in [-0.15, -0.1) is 0 Å². The summed E-state index contributed by atoms with van der Waals surface area (Å²) in [5.41, 5.74) is 10.2. The first-order valence-electron chi connectivity index (χ1n) is 12.7. The molecule has 0 saturated heterocycles. The Kier molecular flexibility index (Phi) is 5.92. The molecular formula is C31H34N4. The Bertz CT molecular complexity index is 1580. The van der Waals surface area contributed by atoms with E-state index in [-0.39, 0.29) is 5.41 Å². The van der Waals surface area contributed by atoms with Crippen molar-refractivity contribution < 1.29 is 0 Å². The van der Waals surface area contributed by atoms with Crippen LogP contribution < -0.4 is 0 Å². The number of aliphatic imine (C=N–C) groups is 1. The average Bonchev–Trinajstić information content (AvgIpc) is 3.26. The lowest BCUT2D eigenvalue weighted by atomic mass is 9.86. The molecule has 0 radical (unpaired) electrons. The van der Waals surface area contributed by atoms with Crippen LogP contribution in [0.15, 0.2) is 59.9 Å². The largest absolute Gasteiger partial charge is 0.357 e. The fourth-order valence-electron chi connectivity index (χ4n) is 5.20. The molecule has 0 fully saturated rings. The fourth-order valence-corrected chi connectivity index (χ4v) is 5.20. The summed E-state index contributed by atoms with van der Waals surface area (Å²) in [6, 6.07) is 14.9. The van der Waals surface area contributed by atoms with Gasteiger partial charge < -0.3 is 4.98 Å². The minimum absolute atomic E-state index is 0.0418. The van der Waals surface area contributed by atoms with Crippen LogP contribution >= 0.6 is 0 Å². The van der Waals surface area contributed by atoms with Crippen LogP contribution in [0.1, 0.15) is 69.8 Å². The standard InChI is InChI=1S/C31H34N4/c1-7-12-24(25-22-14-9-13-20(8-2)27(22)35-30(25)31(4,5)6)34-26-19(3)21-15-10-17-32-28(21)29-23(26)16-11-18-33-29/h9-11,13-18,35H,7-8,12H2,1-6H3. The van der Waals surface area contributed by atoms with Gasteiger partial charge in [0.2, 0.25) is 0 Å². The normalized spacial score (nSPS) is 12.8. The molecule has 0 saturated carbocycles. The number of nitrogens with zero attached hydrogens (tertiary/aromatic N) is 3. The predicted molar refractivity (Wildman–Crippen MR) is 149 cm³/mol. The van der Waals surface area contributed by atoms with Crippen LogP contribution in [0.4, 0.5) is 5.69 Å². The number of aromatic nitrogens is 3. The van der Waals surface area contributed by atoms with Gasteiger partial charge in [-0.3, -0.25) is 15.0 Å². The lowest BCUT2D eigenvalue weighted by molar-refractivity contribution is 0.573. The fraction of sp³-hybridized carbons (Fsp3) is 0.323. The molecule has 0 aliphatic heterocycles. The monoisotopic (exact) mass is 462 g/mol. The van der Waals surface area contributed by atoms with Crippen molar-refractivity contribution in [3.05, 3.63) is 77.2 Å². The number of rotatable bonds is 5. The summed E-state index contributed by atoms with van der Waals surface area (Å²) in [6.45, 7) is 13.5. The molecule has 1 N–H and O–H groups in total. The molecule has 35 heavy (non-hydrogen) atoms. The summed E-state index contributed by atoms with van der Waals surface area (Å²) in [6.07, 6.45) is 6.60. The van der Waals surface area contributed by atoms with Crippen molar-refractivity contribution >= 4 is 44.1 Å². The van der Waals surface area contributed by atoms with Gasteiger partial charge in [-0.05, 0) is 49.1 Å². The molecule has 0 spiro atoms. The SMILES string of the molecule is CCCC(=Nc1c(C)c2cccnc2c2ncccc12)c1c(C(C)(C)C)[nH]c2c(CC)cccc12. The molecule has 0 bridgehead atoms. The average molecular weight is 463 g/mol. The first-order valence-corrected chi connectivity index (χ1v) is 12.7. The van der Waals surface area contributed by atoms with E-state index in [9.17, 15) is 0 Å². The summed E-state index contributed by atoms with van der Waals surface area (Å²) in [4.78, 5) is 18.7. The summed E-state index contributed by atoms with van der Waals surface area (Å²) in [5.74, 6) is 0. The zero-order valence-corrected chi connectivity index (χ0v) is 21.7. The number of fused-ring (bicyclic) bond motifs is 4. The number of H-pyrrole nitrogens is 1. The minimum atomic E-state index is -0.0418. The second-order valence-electron chi connectivity index (χ2n) is 10.4. The van der Waals surface area contributed by atoms with Crippen LogP contribution in [0.2, 0.25) is 0 Å². The van der Waals surface area contributed by atoms with Gasteiger partial charge in [0.15, 0.2) is 0 Å². The second kappa shape index (κ2) is 8.92. The second-order valence-corrected chi connectivity index (χ2v) is 10.4. The smallest absolute Gasteiger partial charge is 0.0986 e. The van der Waals surface area contributed by atoms with E-state index in [1.807, 2.05) is 24.5 Å². The minimum Gasteiger partial charge on any atom is -0.357 e. The zero-order chi connectivity index (χ0) is 24.7. The maximum atomic E-state index is 5.48. The molecule has 178 valence electrons. The van der Waals surface area contributed by atoms with Crippen LogP contribution in [0.3, 0.4) is 0 Å². The summed E-state index contributed by atoms with van der Waals surface area (Å²) in [5, 5.41) is 3.43. The third-order valence-electron chi connectivity index (χ3n) is 6.93. The molecule has 0 aliphatic rings. The first-order chi connectivity index (χ1) is 16.8. The molecule has 0 unspecified atom stereocenters. The van der Waals surface area contributed by atoms with Gasteiger partial charge in [0.1, 0.15) is 0 Å². The van der Waals surface area contributed by atoms with Gasteiger partial charge in [0, 0.05) is 50.7 Å². The number of aromatic amines is 1. The number of para-hydroxylation sites is 1. The molecule has 3 heterocycles. The van der Waals surface area contributed by atoms with Crippen molar-refractivity contribution in [3.8, 4) is 0 Å². The van der Waals surface area contributed by atoms with E-state index in [0.717, 1.165) is 58.0 Å². The summed E-state index contributed by atoms with van der Waals surface area (Å²) in [7, 11) is 0. The number of hydrogen-bond donors (Lipinski definition) is 1. The van der Waals surface area contributed by atoms with E-state index in [1.165, 1.54) is 27.7 Å². The molecule has 4 nitrogen and oxygen atoms in total. The highest BCUT2D eigenvalue weighted by Gasteiger charge is 2.26. The van der Waals surface area contributed by atoms with Gasteiger partial charge in [-0.1, -0.05) is 65.3 Å². The van der Waals surface area contributed by atoms with E-state index >= 15 is 0 Å². The third-order valence-corrected chi connectivity index (χ3v) is 6.93. The zero-order valence-electron chi connectivity index (χ0n) is 21.7. The Morgan fingerprint density at radius 2 is 1.54 bits per heavy atom. The highest BCUT2D eigenvalue weighted by molar-refractivity contribution is 6.16. The number of hydrogen-bond acceptors (Lipinski definition) is 3. The predicted octanol–water partition coefficient (Wildman–Crippen LogP) is 8.35. The summed E-state index contributed by atoms with van der Waals surface area (Å²) >= 11 is 0. The van der Waals surface area contributed by atoms with Gasteiger partial charge in [-0.25, -0.2) is 0 Å². The van der Waals surface area contributed by atoms with Crippen LogP contribution in [-0.2, 0) is 11.8 Å². The highest BCUT2D eigenvalue weighted by atomic mass is 14.8. The maximum Gasteiger partial charge on any atom is 0.0986 e. The molecular weight excluding hydrogens is 428 g/mol. The quantitative estimate of drug-likeness (QED) is 0.211. The van der Waals surface area contributed by atoms with Crippen molar-refractivity contribution in [3.63, 3.8) is 0 Å². The lowest BCUT2D eigenvalue weighted by Crippen LogP contribution is -2.17. The third kappa shape index (κ3) is 3.91. The Hall–Kier alpha value is -3.53. The molecule has 2 aromatic carbocycles. The van der Waals surface area contributed by atoms with Crippen molar-refractivity contribution in [1.82, 2.24) is 15.0 Å². The Morgan fingerprint density at radius 3 is 2.20 bits per heavy atom. The van der Waals surface area contributed by atoms with Gasteiger partial charge in [0.05, 0.1) is 22.4 Å². The molecule has 5 rings (SSSR count). The van der Waals surface area contributed by atoms with Crippen LogP contribution in [-0.4, -0.2) is 20.7 Å². The molecule has 5 aromatic rings. The lowest BCUT2D eigenvalue weighted by Gasteiger charge is -2.21. The van der Waals surface area contributed by atoms with Crippen molar-refractivity contribution in [1.29, 1.82) is 0 Å². The number of aryl methyl sites for hydroxylation is 2. The van der Waals surface area contributed by atoms with E-state index in [4.69, 9.17) is 9.98 Å². The van der Waals surface area contributed by atoms with E-state index in [0.29, 0.717) is 0 Å². The highest BCUT2D eigenvalue weighted by Crippen LogP contribution is 2.39. The van der Waals surface area contributed by atoms with E-state index in [2.05, 4.69) is 81.8 Å². The number of benzene rings is 2.